The Bertz CT molecular complexity index is 602. The molecule has 0 atom stereocenters. The molecule has 0 radical (unpaired) electrons. The lowest BCUT2D eigenvalue weighted by atomic mass is 10.3. The molecule has 2 N–H and O–H groups in total. The monoisotopic (exact) mass is 288 g/mol. The van der Waals surface area contributed by atoms with Crippen LogP contribution in [-0.2, 0) is 6.18 Å². The normalized spacial score (nSPS) is 11.4. The van der Waals surface area contributed by atoms with E-state index in [1.165, 1.54) is 24.3 Å². The third kappa shape index (κ3) is 3.29. The van der Waals surface area contributed by atoms with Gasteiger partial charge in [-0.3, -0.25) is 0 Å². The van der Waals surface area contributed by atoms with Gasteiger partial charge in [-0.15, -0.1) is 0 Å². The number of anilines is 1. The summed E-state index contributed by atoms with van der Waals surface area (Å²) in [5.74, 6) is -0.0527. The molecule has 0 spiro atoms. The maximum Gasteiger partial charge on any atom is 0.433 e. The molecule has 0 aliphatic carbocycles. The zero-order valence-corrected chi connectivity index (χ0v) is 10.2. The van der Waals surface area contributed by atoms with Crippen LogP contribution in [-0.4, -0.2) is 4.98 Å². The molecule has 2 aromatic rings. The number of nitrogens with zero attached hydrogens (tertiary/aromatic N) is 1. The molecule has 7 heteroatoms. The Hall–Kier alpha value is -1.95. The molecule has 0 unspecified atom stereocenters. The van der Waals surface area contributed by atoms with Crippen molar-refractivity contribution in [3.8, 4) is 11.6 Å². The van der Waals surface area contributed by atoms with Crippen LogP contribution in [0.3, 0.4) is 0 Å². The second-order valence-electron chi connectivity index (χ2n) is 3.64. The molecule has 19 heavy (non-hydrogen) atoms. The number of nitrogens with two attached hydrogens (primary N) is 1. The minimum atomic E-state index is -4.53. The van der Waals surface area contributed by atoms with Crippen LogP contribution in [0.15, 0.2) is 36.4 Å². The predicted octanol–water partition coefficient (Wildman–Crippen LogP) is 4.13. The summed E-state index contributed by atoms with van der Waals surface area (Å²) in [6.45, 7) is 0. The maximum atomic E-state index is 12.5. The van der Waals surface area contributed by atoms with Crippen LogP contribution in [0.4, 0.5) is 18.9 Å². The highest BCUT2D eigenvalue weighted by atomic mass is 35.5. The summed E-state index contributed by atoms with van der Waals surface area (Å²) >= 11 is 5.75. The van der Waals surface area contributed by atoms with E-state index in [0.29, 0.717) is 5.02 Å². The van der Waals surface area contributed by atoms with Gasteiger partial charge in [-0.05, 0) is 18.2 Å². The minimum Gasteiger partial charge on any atom is -0.437 e. The molecule has 0 aliphatic rings. The lowest BCUT2D eigenvalue weighted by Gasteiger charge is -2.10. The number of alkyl halides is 3. The molecule has 1 heterocycles. The zero-order valence-electron chi connectivity index (χ0n) is 9.41. The second kappa shape index (κ2) is 4.97. The van der Waals surface area contributed by atoms with Gasteiger partial charge in [0.1, 0.15) is 5.69 Å². The van der Waals surface area contributed by atoms with E-state index in [4.69, 9.17) is 22.1 Å². The van der Waals surface area contributed by atoms with E-state index in [1.807, 2.05) is 0 Å². The first-order valence-corrected chi connectivity index (χ1v) is 5.51. The van der Waals surface area contributed by atoms with Gasteiger partial charge in [-0.1, -0.05) is 17.7 Å². The Kier molecular flexibility index (Phi) is 3.53. The Morgan fingerprint density at radius 2 is 1.89 bits per heavy atom. The SMILES string of the molecule is Nc1ccc(Cl)cc1Oc1cccc(C(F)(F)F)n1. The summed E-state index contributed by atoms with van der Waals surface area (Å²) in [6, 6.07) is 7.79. The lowest BCUT2D eigenvalue weighted by molar-refractivity contribution is -0.141. The minimum absolute atomic E-state index is 0.152. The highest BCUT2D eigenvalue weighted by Crippen LogP contribution is 2.32. The van der Waals surface area contributed by atoms with Crippen LogP contribution in [0.1, 0.15) is 5.69 Å². The van der Waals surface area contributed by atoms with Crippen molar-refractivity contribution in [3.05, 3.63) is 47.1 Å². The molecule has 0 amide bonds. The van der Waals surface area contributed by atoms with Crippen molar-refractivity contribution in [1.29, 1.82) is 0 Å². The average molecular weight is 289 g/mol. The number of pyridine rings is 1. The van der Waals surface area contributed by atoms with E-state index >= 15 is 0 Å². The van der Waals surface area contributed by atoms with Gasteiger partial charge in [0, 0.05) is 17.2 Å². The Balaban J connectivity index is 2.31. The van der Waals surface area contributed by atoms with Crippen LogP contribution < -0.4 is 10.5 Å². The van der Waals surface area contributed by atoms with Gasteiger partial charge in [0.15, 0.2) is 5.75 Å². The zero-order chi connectivity index (χ0) is 14.0. The van der Waals surface area contributed by atoms with Crippen molar-refractivity contribution in [2.45, 2.75) is 6.18 Å². The third-order valence-electron chi connectivity index (χ3n) is 2.20. The number of hydrogen-bond donors (Lipinski definition) is 1. The Morgan fingerprint density at radius 3 is 2.58 bits per heavy atom. The van der Waals surface area contributed by atoms with Crippen molar-refractivity contribution in [2.75, 3.05) is 5.73 Å². The van der Waals surface area contributed by atoms with E-state index < -0.39 is 11.9 Å². The number of benzene rings is 1. The van der Waals surface area contributed by atoms with E-state index in [0.717, 1.165) is 6.07 Å². The van der Waals surface area contributed by atoms with Crippen LogP contribution in [0.2, 0.25) is 5.02 Å². The molecule has 0 saturated heterocycles. The van der Waals surface area contributed by atoms with Crippen molar-refractivity contribution in [2.24, 2.45) is 0 Å². The molecule has 3 nitrogen and oxygen atoms in total. The number of rotatable bonds is 2. The first-order chi connectivity index (χ1) is 8.86. The summed E-state index contributed by atoms with van der Waals surface area (Å²) in [7, 11) is 0. The van der Waals surface area contributed by atoms with Gasteiger partial charge >= 0.3 is 6.18 Å². The van der Waals surface area contributed by atoms with Gasteiger partial charge in [0.2, 0.25) is 5.88 Å². The number of halogens is 4. The third-order valence-corrected chi connectivity index (χ3v) is 2.44. The van der Waals surface area contributed by atoms with Crippen molar-refractivity contribution in [1.82, 2.24) is 4.98 Å². The van der Waals surface area contributed by atoms with E-state index in [2.05, 4.69) is 4.98 Å². The van der Waals surface area contributed by atoms with Gasteiger partial charge in [-0.25, -0.2) is 4.98 Å². The van der Waals surface area contributed by atoms with Crippen LogP contribution in [0, 0.1) is 0 Å². The Labute approximate surface area is 111 Å². The van der Waals surface area contributed by atoms with E-state index in [9.17, 15) is 13.2 Å². The van der Waals surface area contributed by atoms with Gasteiger partial charge in [0.25, 0.3) is 0 Å². The molecule has 0 fully saturated rings. The van der Waals surface area contributed by atoms with Gasteiger partial charge in [-0.2, -0.15) is 13.2 Å². The molecular weight excluding hydrogens is 281 g/mol. The molecular formula is C12H8ClF3N2O. The Morgan fingerprint density at radius 1 is 1.16 bits per heavy atom. The predicted molar refractivity (Wildman–Crippen MR) is 65.2 cm³/mol. The maximum absolute atomic E-state index is 12.5. The fraction of sp³-hybridized carbons (Fsp3) is 0.0833. The topological polar surface area (TPSA) is 48.1 Å². The van der Waals surface area contributed by atoms with Crippen LogP contribution >= 0.6 is 11.6 Å². The summed E-state index contributed by atoms with van der Waals surface area (Å²) in [6.07, 6.45) is -4.53. The molecule has 1 aromatic heterocycles. The number of nitrogen functional groups attached to an aromatic ring is 1. The highest BCUT2D eigenvalue weighted by molar-refractivity contribution is 6.30. The number of hydrogen-bond acceptors (Lipinski definition) is 3. The average Bonchev–Trinajstić information content (AvgIpc) is 2.33. The highest BCUT2D eigenvalue weighted by Gasteiger charge is 2.32. The second-order valence-corrected chi connectivity index (χ2v) is 4.08. The molecule has 0 aliphatic heterocycles. The van der Waals surface area contributed by atoms with Crippen LogP contribution in [0.25, 0.3) is 0 Å². The van der Waals surface area contributed by atoms with E-state index in [1.54, 1.807) is 6.07 Å². The smallest absolute Gasteiger partial charge is 0.433 e. The lowest BCUT2D eigenvalue weighted by Crippen LogP contribution is -2.08. The van der Waals surface area contributed by atoms with Crippen LogP contribution in [0.5, 0.6) is 11.6 Å². The number of ether oxygens (including phenoxy) is 1. The van der Waals surface area contributed by atoms with Gasteiger partial charge in [0.05, 0.1) is 5.69 Å². The van der Waals surface area contributed by atoms with Crippen molar-refractivity contribution >= 4 is 17.3 Å². The summed E-state index contributed by atoms with van der Waals surface area (Å²) in [5, 5.41) is 0.358. The molecule has 0 bridgehead atoms. The fourth-order valence-electron chi connectivity index (χ4n) is 1.34. The van der Waals surface area contributed by atoms with Crippen molar-refractivity contribution in [3.63, 3.8) is 0 Å². The first kappa shape index (κ1) is 13.5. The molecule has 2 rings (SSSR count). The summed E-state index contributed by atoms with van der Waals surface area (Å²) in [5.41, 5.74) is 4.84. The standard InChI is InChI=1S/C12H8ClF3N2O/c13-7-4-5-8(17)9(6-7)19-11-3-1-2-10(18-11)12(14,15)16/h1-6H,17H2. The fourth-order valence-corrected chi connectivity index (χ4v) is 1.50. The molecule has 0 saturated carbocycles. The number of aromatic nitrogens is 1. The summed E-state index contributed by atoms with van der Waals surface area (Å²) in [4.78, 5) is 3.36. The van der Waals surface area contributed by atoms with Crippen molar-refractivity contribution < 1.29 is 17.9 Å². The van der Waals surface area contributed by atoms with E-state index in [-0.39, 0.29) is 17.3 Å². The first-order valence-electron chi connectivity index (χ1n) is 5.13. The quantitative estimate of drug-likeness (QED) is 0.845. The largest absolute Gasteiger partial charge is 0.437 e. The van der Waals surface area contributed by atoms with Gasteiger partial charge < -0.3 is 10.5 Å². The summed E-state index contributed by atoms with van der Waals surface area (Å²) < 4.78 is 42.7. The molecule has 1 aromatic carbocycles. The molecule has 100 valence electrons.